The van der Waals surface area contributed by atoms with Gasteiger partial charge >= 0.3 is 5.97 Å². The van der Waals surface area contributed by atoms with Crippen molar-refractivity contribution in [3.05, 3.63) is 10.6 Å². The normalized spacial score (nSPS) is 10.6. The fourth-order valence-electron chi connectivity index (χ4n) is 1.14. The number of carboxylic acid groups (broad SMARTS) is 1. The van der Waals surface area contributed by atoms with Gasteiger partial charge in [0.1, 0.15) is 4.88 Å². The molecule has 0 saturated heterocycles. The summed E-state index contributed by atoms with van der Waals surface area (Å²) in [4.78, 5) is 26.7. The van der Waals surface area contributed by atoms with E-state index in [1.807, 2.05) is 0 Å². The molecular formula is C9H10F2N2O3S. The van der Waals surface area contributed by atoms with Crippen molar-refractivity contribution in [2.75, 3.05) is 18.5 Å². The number of ketones is 1. The Balaban J connectivity index is 3.07. The Kier molecular flexibility index (Phi) is 4.11. The Morgan fingerprint density at radius 2 is 2.12 bits per heavy atom. The summed E-state index contributed by atoms with van der Waals surface area (Å²) in [7, 11) is 1.36. The summed E-state index contributed by atoms with van der Waals surface area (Å²) in [6.45, 7) is 0.640. The molecule has 0 amide bonds. The van der Waals surface area contributed by atoms with Crippen LogP contribution < -0.4 is 4.90 Å². The van der Waals surface area contributed by atoms with Crippen LogP contribution in [0.5, 0.6) is 0 Å². The van der Waals surface area contributed by atoms with Crippen molar-refractivity contribution in [2.45, 2.75) is 13.3 Å². The predicted molar refractivity (Wildman–Crippen MR) is 58.4 cm³/mol. The van der Waals surface area contributed by atoms with Gasteiger partial charge < -0.3 is 10.0 Å². The van der Waals surface area contributed by atoms with E-state index in [2.05, 4.69) is 4.98 Å². The van der Waals surface area contributed by atoms with Crippen LogP contribution in [0, 0.1) is 0 Å². The van der Waals surface area contributed by atoms with Gasteiger partial charge in [0.2, 0.25) is 0 Å². The van der Waals surface area contributed by atoms with Crippen LogP contribution in [0.1, 0.15) is 27.1 Å². The number of alkyl halides is 2. The number of hydrogen-bond acceptors (Lipinski definition) is 5. The predicted octanol–water partition coefficient (Wildman–Crippen LogP) is 1.75. The molecule has 1 aromatic rings. The van der Waals surface area contributed by atoms with Gasteiger partial charge in [0.15, 0.2) is 16.6 Å². The van der Waals surface area contributed by atoms with E-state index in [0.29, 0.717) is 0 Å². The monoisotopic (exact) mass is 264 g/mol. The van der Waals surface area contributed by atoms with Gasteiger partial charge in [0, 0.05) is 14.0 Å². The zero-order chi connectivity index (χ0) is 13.2. The van der Waals surface area contributed by atoms with Gasteiger partial charge in [-0.05, 0) is 0 Å². The van der Waals surface area contributed by atoms with E-state index in [1.54, 1.807) is 0 Å². The van der Waals surface area contributed by atoms with E-state index in [0.717, 1.165) is 16.2 Å². The van der Waals surface area contributed by atoms with Crippen LogP contribution in [0.2, 0.25) is 0 Å². The topological polar surface area (TPSA) is 70.5 Å². The van der Waals surface area contributed by atoms with E-state index in [-0.39, 0.29) is 10.0 Å². The van der Waals surface area contributed by atoms with E-state index in [4.69, 9.17) is 5.11 Å². The number of aromatic carboxylic acids is 1. The largest absolute Gasteiger partial charge is 0.476 e. The minimum atomic E-state index is -2.56. The van der Waals surface area contributed by atoms with Crippen LogP contribution in [0.15, 0.2) is 0 Å². The van der Waals surface area contributed by atoms with Crippen LogP contribution in [-0.4, -0.2) is 41.9 Å². The van der Waals surface area contributed by atoms with Gasteiger partial charge in [-0.15, -0.1) is 0 Å². The van der Waals surface area contributed by atoms with E-state index in [1.165, 1.54) is 14.0 Å². The summed E-state index contributed by atoms with van der Waals surface area (Å²) >= 11 is 0.797. The van der Waals surface area contributed by atoms with Crippen molar-refractivity contribution >= 4 is 28.2 Å². The molecule has 94 valence electrons. The molecule has 0 aliphatic heterocycles. The second-order valence-corrected chi connectivity index (χ2v) is 4.28. The molecule has 0 fully saturated rings. The molecule has 1 aromatic heterocycles. The number of carboxylic acids is 1. The van der Waals surface area contributed by atoms with Crippen LogP contribution >= 0.6 is 11.3 Å². The van der Waals surface area contributed by atoms with Crippen molar-refractivity contribution in [1.29, 1.82) is 0 Å². The van der Waals surface area contributed by atoms with Crippen molar-refractivity contribution in [1.82, 2.24) is 4.98 Å². The number of aromatic nitrogens is 1. The number of rotatable bonds is 5. The molecule has 0 aliphatic rings. The van der Waals surface area contributed by atoms with E-state index < -0.39 is 30.4 Å². The molecule has 0 spiro atoms. The Bertz CT molecular complexity index is 416. The van der Waals surface area contributed by atoms with Crippen LogP contribution in [0.3, 0.4) is 0 Å². The highest BCUT2D eigenvalue weighted by Gasteiger charge is 2.22. The zero-order valence-electron chi connectivity index (χ0n) is 9.11. The van der Waals surface area contributed by atoms with Crippen LogP contribution in [0.4, 0.5) is 13.9 Å². The molecule has 0 saturated carbocycles. The SMILES string of the molecule is CC(=O)c1sc(N(C)CC(F)F)nc1C(=O)O. The van der Waals surface area contributed by atoms with Gasteiger partial charge in [0.05, 0.1) is 6.54 Å². The second kappa shape index (κ2) is 5.17. The van der Waals surface area contributed by atoms with E-state index in [9.17, 15) is 18.4 Å². The smallest absolute Gasteiger partial charge is 0.356 e. The lowest BCUT2D eigenvalue weighted by Crippen LogP contribution is -2.23. The molecule has 0 aliphatic carbocycles. The van der Waals surface area contributed by atoms with Crippen molar-refractivity contribution in [2.24, 2.45) is 0 Å². The van der Waals surface area contributed by atoms with Crippen molar-refractivity contribution < 1.29 is 23.5 Å². The van der Waals surface area contributed by atoms with Gasteiger partial charge in [-0.1, -0.05) is 11.3 Å². The van der Waals surface area contributed by atoms with Gasteiger partial charge in [0.25, 0.3) is 6.43 Å². The standard InChI is InChI=1S/C9H10F2N2O3S/c1-4(14)7-6(8(15)16)12-9(17-7)13(2)3-5(10)11/h5H,3H2,1-2H3,(H,15,16). The number of anilines is 1. The van der Waals surface area contributed by atoms with Gasteiger partial charge in [-0.2, -0.15) is 0 Å². The maximum Gasteiger partial charge on any atom is 0.356 e. The summed E-state index contributed by atoms with van der Waals surface area (Å²) in [6, 6.07) is 0. The number of carbonyl (C=O) groups is 2. The quantitative estimate of drug-likeness (QED) is 0.820. The molecule has 0 atom stereocenters. The summed E-state index contributed by atoms with van der Waals surface area (Å²) < 4.78 is 24.3. The highest BCUT2D eigenvalue weighted by atomic mass is 32.1. The third-order valence-electron chi connectivity index (χ3n) is 1.88. The lowest BCUT2D eigenvalue weighted by Gasteiger charge is -2.13. The Labute approximate surface area is 99.7 Å². The highest BCUT2D eigenvalue weighted by molar-refractivity contribution is 7.17. The number of Topliss-reactive ketones (excluding diaryl/α,β-unsaturated/α-hetero) is 1. The van der Waals surface area contributed by atoms with E-state index >= 15 is 0 Å². The number of halogens is 2. The Morgan fingerprint density at radius 1 is 1.53 bits per heavy atom. The summed E-state index contributed by atoms with van der Waals surface area (Å²) in [6.07, 6.45) is -2.56. The Hall–Kier alpha value is -1.57. The molecule has 1 rings (SSSR count). The minimum Gasteiger partial charge on any atom is -0.476 e. The molecular weight excluding hydrogens is 254 g/mol. The molecule has 1 heterocycles. The van der Waals surface area contributed by atoms with Gasteiger partial charge in [-0.3, -0.25) is 4.79 Å². The molecule has 1 N–H and O–H groups in total. The fourth-order valence-corrected chi connectivity index (χ4v) is 2.06. The first-order chi connectivity index (χ1) is 7.82. The molecule has 0 unspecified atom stereocenters. The fraction of sp³-hybridized carbons (Fsp3) is 0.444. The van der Waals surface area contributed by atoms with Crippen molar-refractivity contribution in [3.63, 3.8) is 0 Å². The number of nitrogens with zero attached hydrogens (tertiary/aromatic N) is 2. The number of carbonyl (C=O) groups excluding carboxylic acids is 1. The second-order valence-electron chi connectivity index (χ2n) is 3.31. The summed E-state index contributed by atoms with van der Waals surface area (Å²) in [5.41, 5.74) is -0.390. The average molecular weight is 264 g/mol. The first-order valence-corrected chi connectivity index (χ1v) is 5.39. The average Bonchev–Trinajstić information content (AvgIpc) is 2.60. The first kappa shape index (κ1) is 13.5. The maximum atomic E-state index is 12.1. The number of thiazole rings is 1. The third kappa shape index (κ3) is 3.19. The lowest BCUT2D eigenvalue weighted by molar-refractivity contribution is 0.0687. The van der Waals surface area contributed by atoms with Crippen molar-refractivity contribution in [3.8, 4) is 0 Å². The van der Waals surface area contributed by atoms with Gasteiger partial charge in [-0.25, -0.2) is 18.6 Å². The molecule has 17 heavy (non-hydrogen) atoms. The molecule has 5 nitrogen and oxygen atoms in total. The maximum absolute atomic E-state index is 12.1. The van der Waals surface area contributed by atoms with Crippen LogP contribution in [-0.2, 0) is 0 Å². The Morgan fingerprint density at radius 3 is 2.47 bits per heavy atom. The minimum absolute atomic E-state index is 0.0337. The first-order valence-electron chi connectivity index (χ1n) is 4.57. The third-order valence-corrected chi connectivity index (χ3v) is 3.15. The number of hydrogen-bond donors (Lipinski definition) is 1. The zero-order valence-corrected chi connectivity index (χ0v) is 9.92. The summed E-state index contributed by atoms with van der Waals surface area (Å²) in [5, 5.41) is 8.91. The molecule has 0 bridgehead atoms. The molecule has 8 heteroatoms. The molecule has 0 radical (unpaired) electrons. The highest BCUT2D eigenvalue weighted by Crippen LogP contribution is 2.26. The van der Waals surface area contributed by atoms with Crippen LogP contribution in [0.25, 0.3) is 0 Å². The summed E-state index contributed by atoms with van der Waals surface area (Å²) in [5.74, 6) is -1.79. The lowest BCUT2D eigenvalue weighted by atomic mass is 10.3. The molecule has 0 aromatic carbocycles.